The maximum atomic E-state index is 12.5. The quantitative estimate of drug-likeness (QED) is 0.732. The van der Waals surface area contributed by atoms with Crippen LogP contribution in [0.3, 0.4) is 0 Å². The first-order valence-corrected chi connectivity index (χ1v) is 8.20. The van der Waals surface area contributed by atoms with Crippen LogP contribution in [-0.4, -0.2) is 10.9 Å². The normalized spacial score (nSPS) is 10.0. The number of benzene rings is 2. The molecule has 5 nitrogen and oxygen atoms in total. The summed E-state index contributed by atoms with van der Waals surface area (Å²) in [7, 11) is 0. The zero-order valence-corrected chi connectivity index (χ0v) is 14.4. The Bertz CT molecular complexity index is 965. The topological polar surface area (TPSA) is 75.0 Å². The van der Waals surface area contributed by atoms with Gasteiger partial charge in [0.05, 0.1) is 11.6 Å². The highest BCUT2D eigenvalue weighted by Gasteiger charge is 2.14. The second-order valence-corrected chi connectivity index (χ2v) is 5.78. The molecule has 3 rings (SSSR count). The molecule has 128 valence electrons. The minimum absolute atomic E-state index is 0.189. The summed E-state index contributed by atoms with van der Waals surface area (Å²) in [6.07, 6.45) is 1.55. The molecule has 0 atom stereocenters. The molecule has 0 saturated carbocycles. The van der Waals surface area contributed by atoms with E-state index < -0.39 is 0 Å². The number of carbonyl (C=O) groups excluding carboxylic acids is 1. The van der Waals surface area contributed by atoms with E-state index in [1.165, 1.54) is 0 Å². The summed E-state index contributed by atoms with van der Waals surface area (Å²) >= 11 is 6.11. The summed E-state index contributed by atoms with van der Waals surface area (Å²) < 4.78 is 5.70. The lowest BCUT2D eigenvalue weighted by molar-refractivity contribution is 0.0948. The molecule has 0 saturated heterocycles. The lowest BCUT2D eigenvalue weighted by Gasteiger charge is -2.11. The number of aromatic nitrogens is 1. The van der Waals surface area contributed by atoms with Crippen molar-refractivity contribution in [3.8, 4) is 17.7 Å². The van der Waals surface area contributed by atoms with Crippen molar-refractivity contribution in [1.82, 2.24) is 10.3 Å². The Morgan fingerprint density at radius 2 is 1.88 bits per heavy atom. The summed E-state index contributed by atoms with van der Waals surface area (Å²) in [6.45, 7) is 0.295. The van der Waals surface area contributed by atoms with Crippen molar-refractivity contribution in [3.63, 3.8) is 0 Å². The molecule has 6 heteroatoms. The van der Waals surface area contributed by atoms with E-state index in [-0.39, 0.29) is 11.8 Å². The van der Waals surface area contributed by atoms with E-state index in [1.54, 1.807) is 48.7 Å². The summed E-state index contributed by atoms with van der Waals surface area (Å²) in [4.78, 5) is 16.7. The third-order valence-electron chi connectivity index (χ3n) is 3.61. The zero-order chi connectivity index (χ0) is 18.4. The van der Waals surface area contributed by atoms with Gasteiger partial charge < -0.3 is 10.1 Å². The third kappa shape index (κ3) is 4.18. The average molecular weight is 364 g/mol. The molecular formula is C20H14ClN3O2. The first kappa shape index (κ1) is 17.5. The number of nitriles is 1. The Labute approximate surface area is 155 Å². The van der Waals surface area contributed by atoms with Gasteiger partial charge in [0.1, 0.15) is 11.3 Å². The largest absolute Gasteiger partial charge is 0.438 e. The molecule has 0 aliphatic rings. The van der Waals surface area contributed by atoms with Gasteiger partial charge in [-0.1, -0.05) is 29.8 Å². The number of nitrogens with one attached hydrogen (secondary N) is 1. The van der Waals surface area contributed by atoms with Crippen LogP contribution in [0.5, 0.6) is 11.6 Å². The molecule has 26 heavy (non-hydrogen) atoms. The molecule has 1 amide bonds. The standard InChI is InChI=1S/C20H14ClN3O2/c21-18-6-2-1-4-15(18)13-24-19(25)17-5-3-11-23-20(17)26-16-9-7-14(12-22)8-10-16/h1-11H,13H2,(H,24,25). The van der Waals surface area contributed by atoms with E-state index >= 15 is 0 Å². The number of halogens is 1. The van der Waals surface area contributed by atoms with Gasteiger partial charge in [-0.3, -0.25) is 4.79 Å². The van der Waals surface area contributed by atoms with Gasteiger partial charge in [0.15, 0.2) is 0 Å². The fourth-order valence-corrected chi connectivity index (χ4v) is 2.47. The Kier molecular flexibility index (Phi) is 5.47. The van der Waals surface area contributed by atoms with Crippen LogP contribution in [0.4, 0.5) is 0 Å². The maximum Gasteiger partial charge on any atom is 0.257 e. The van der Waals surface area contributed by atoms with Crippen molar-refractivity contribution in [2.45, 2.75) is 6.54 Å². The predicted octanol–water partition coefficient (Wildman–Crippen LogP) is 4.33. The van der Waals surface area contributed by atoms with Crippen LogP contribution in [0.15, 0.2) is 66.9 Å². The number of rotatable bonds is 5. The van der Waals surface area contributed by atoms with Gasteiger partial charge in [-0.05, 0) is 48.0 Å². The van der Waals surface area contributed by atoms with Crippen LogP contribution in [0, 0.1) is 11.3 Å². The van der Waals surface area contributed by atoms with Gasteiger partial charge in [0, 0.05) is 17.8 Å². The number of amides is 1. The number of hydrogen-bond donors (Lipinski definition) is 1. The SMILES string of the molecule is N#Cc1ccc(Oc2ncccc2C(=O)NCc2ccccc2Cl)cc1. The van der Waals surface area contributed by atoms with Crippen LogP contribution < -0.4 is 10.1 Å². The third-order valence-corrected chi connectivity index (χ3v) is 3.98. The van der Waals surface area contributed by atoms with Gasteiger partial charge in [0.2, 0.25) is 5.88 Å². The summed E-state index contributed by atoms with van der Waals surface area (Å²) in [5.41, 5.74) is 1.65. The molecule has 0 aliphatic carbocycles. The molecule has 1 aromatic heterocycles. The summed E-state index contributed by atoms with van der Waals surface area (Å²) in [5, 5.41) is 12.2. The van der Waals surface area contributed by atoms with E-state index in [0.29, 0.717) is 28.4 Å². The Hall–Kier alpha value is -3.36. The highest BCUT2D eigenvalue weighted by molar-refractivity contribution is 6.31. The van der Waals surface area contributed by atoms with Crippen LogP contribution in [0.25, 0.3) is 0 Å². The highest BCUT2D eigenvalue weighted by Crippen LogP contribution is 2.23. The summed E-state index contributed by atoms with van der Waals surface area (Å²) in [6, 6.07) is 19.2. The van der Waals surface area contributed by atoms with E-state index in [2.05, 4.69) is 10.3 Å². The molecule has 0 aliphatic heterocycles. The van der Waals surface area contributed by atoms with E-state index in [1.807, 2.05) is 24.3 Å². The predicted molar refractivity (Wildman–Crippen MR) is 98.1 cm³/mol. The second-order valence-electron chi connectivity index (χ2n) is 5.37. The van der Waals surface area contributed by atoms with Crippen molar-refractivity contribution in [3.05, 3.63) is 88.6 Å². The number of ether oxygens (including phenoxy) is 1. The average Bonchev–Trinajstić information content (AvgIpc) is 2.68. The van der Waals surface area contributed by atoms with Crippen molar-refractivity contribution < 1.29 is 9.53 Å². The van der Waals surface area contributed by atoms with Crippen LogP contribution in [-0.2, 0) is 6.54 Å². The number of nitrogens with zero attached hydrogens (tertiary/aromatic N) is 2. The molecular weight excluding hydrogens is 350 g/mol. The lowest BCUT2D eigenvalue weighted by Crippen LogP contribution is -2.23. The van der Waals surface area contributed by atoms with Gasteiger partial charge >= 0.3 is 0 Å². The fraction of sp³-hybridized carbons (Fsp3) is 0.0500. The molecule has 1 N–H and O–H groups in total. The molecule has 0 bridgehead atoms. The van der Waals surface area contributed by atoms with Crippen molar-refractivity contribution >= 4 is 17.5 Å². The number of pyridine rings is 1. The zero-order valence-electron chi connectivity index (χ0n) is 13.6. The van der Waals surface area contributed by atoms with Crippen molar-refractivity contribution in [1.29, 1.82) is 5.26 Å². The maximum absolute atomic E-state index is 12.5. The van der Waals surface area contributed by atoms with Gasteiger partial charge in [-0.25, -0.2) is 4.98 Å². The summed E-state index contributed by atoms with van der Waals surface area (Å²) in [5.74, 6) is 0.360. The Morgan fingerprint density at radius 3 is 2.62 bits per heavy atom. The van der Waals surface area contributed by atoms with Crippen molar-refractivity contribution in [2.75, 3.05) is 0 Å². The minimum atomic E-state index is -0.318. The van der Waals surface area contributed by atoms with E-state index in [4.69, 9.17) is 21.6 Å². The van der Waals surface area contributed by atoms with Crippen LogP contribution in [0.1, 0.15) is 21.5 Å². The molecule has 3 aromatic rings. The van der Waals surface area contributed by atoms with Gasteiger partial charge in [0.25, 0.3) is 5.91 Å². The second kappa shape index (κ2) is 8.15. The van der Waals surface area contributed by atoms with E-state index in [0.717, 1.165) is 5.56 Å². The van der Waals surface area contributed by atoms with Crippen molar-refractivity contribution in [2.24, 2.45) is 0 Å². The molecule has 0 unspecified atom stereocenters. The number of carbonyl (C=O) groups is 1. The lowest BCUT2D eigenvalue weighted by atomic mass is 10.2. The highest BCUT2D eigenvalue weighted by atomic mass is 35.5. The first-order valence-electron chi connectivity index (χ1n) is 7.82. The smallest absolute Gasteiger partial charge is 0.257 e. The molecule has 0 radical (unpaired) electrons. The molecule has 2 aromatic carbocycles. The first-order chi connectivity index (χ1) is 12.7. The van der Waals surface area contributed by atoms with Gasteiger partial charge in [-0.2, -0.15) is 5.26 Å². The van der Waals surface area contributed by atoms with E-state index in [9.17, 15) is 4.79 Å². The van der Waals surface area contributed by atoms with Crippen LogP contribution >= 0.6 is 11.6 Å². The molecule has 0 fully saturated rings. The van der Waals surface area contributed by atoms with Crippen LogP contribution in [0.2, 0.25) is 5.02 Å². The molecule has 1 heterocycles. The monoisotopic (exact) mass is 363 g/mol. The minimum Gasteiger partial charge on any atom is -0.438 e. The fourth-order valence-electron chi connectivity index (χ4n) is 2.27. The Morgan fingerprint density at radius 1 is 1.12 bits per heavy atom. The number of hydrogen-bond acceptors (Lipinski definition) is 4. The Balaban J connectivity index is 1.74. The molecule has 0 spiro atoms. The van der Waals surface area contributed by atoms with Gasteiger partial charge in [-0.15, -0.1) is 0 Å².